The third-order valence-corrected chi connectivity index (χ3v) is 4.21. The molecule has 0 saturated heterocycles. The lowest BCUT2D eigenvalue weighted by Gasteiger charge is -2.19. The molecular weight excluding hydrogens is 352 g/mol. The van der Waals surface area contributed by atoms with Gasteiger partial charge in [-0.05, 0) is 19.1 Å². The second-order valence-electron chi connectivity index (χ2n) is 4.57. The van der Waals surface area contributed by atoms with E-state index in [1.807, 2.05) is 6.07 Å². The molecule has 24 heavy (non-hydrogen) atoms. The fourth-order valence-corrected chi connectivity index (χ4v) is 2.79. The molecule has 0 fully saturated rings. The van der Waals surface area contributed by atoms with Crippen molar-refractivity contribution in [3.05, 3.63) is 35.9 Å². The van der Waals surface area contributed by atoms with E-state index in [2.05, 4.69) is 14.4 Å². The van der Waals surface area contributed by atoms with Crippen LogP contribution in [0.5, 0.6) is 0 Å². The van der Waals surface area contributed by atoms with Gasteiger partial charge in [0.25, 0.3) is 0 Å². The minimum Gasteiger partial charge on any atom is -0.443 e. The van der Waals surface area contributed by atoms with Gasteiger partial charge in [0.15, 0.2) is 11.3 Å². The summed E-state index contributed by atoms with van der Waals surface area (Å²) in [5.74, 6) is -0.288. The van der Waals surface area contributed by atoms with E-state index in [9.17, 15) is 9.00 Å². The van der Waals surface area contributed by atoms with Gasteiger partial charge in [0.1, 0.15) is 5.69 Å². The van der Waals surface area contributed by atoms with Gasteiger partial charge in [0.05, 0.1) is 18.1 Å². The van der Waals surface area contributed by atoms with Crippen LogP contribution in [0.3, 0.4) is 0 Å². The monoisotopic (exact) mass is 365 g/mol. The summed E-state index contributed by atoms with van der Waals surface area (Å²) in [5, 5.41) is 12.7. The van der Waals surface area contributed by atoms with Gasteiger partial charge < -0.3 is 9.11 Å². The number of halogens is 1. The molecule has 2 rings (SSSR count). The molecule has 0 N–H and O–H groups in total. The lowest BCUT2D eigenvalue weighted by Crippen LogP contribution is -2.31. The molecule has 0 radical (unpaired) electrons. The summed E-state index contributed by atoms with van der Waals surface area (Å²) < 4.78 is 16.1. The molecule has 1 amide bonds. The standard InChI is InChI=1S/C14H14ClN6O2S/c1-2-20(13(22)5-7-24(23)18-10-16)12-9-21(19-14(12)15)11-4-3-6-17-8-11/h3-4,6,8-9H,2,5,7H2,1H3/q-1. The summed E-state index contributed by atoms with van der Waals surface area (Å²) in [6.07, 6.45) is 6.34. The minimum atomic E-state index is -1.69. The Bertz CT molecular complexity index is 839. The molecule has 0 bridgehead atoms. The van der Waals surface area contributed by atoms with Crippen LogP contribution in [0.4, 0.5) is 5.69 Å². The van der Waals surface area contributed by atoms with E-state index in [1.54, 1.807) is 31.6 Å². The van der Waals surface area contributed by atoms with Crippen molar-refractivity contribution in [2.75, 3.05) is 17.2 Å². The molecule has 2 aromatic heterocycles. The molecule has 126 valence electrons. The van der Waals surface area contributed by atoms with Crippen molar-refractivity contribution in [1.82, 2.24) is 14.8 Å². The molecule has 0 aliphatic rings. The van der Waals surface area contributed by atoms with Crippen LogP contribution in [0.1, 0.15) is 13.3 Å². The number of hydrogen-bond acceptors (Lipinski definition) is 7. The van der Waals surface area contributed by atoms with E-state index < -0.39 is 10.6 Å². The first-order chi connectivity index (χ1) is 11.6. The van der Waals surface area contributed by atoms with Crippen LogP contribution >= 0.6 is 11.6 Å². The van der Waals surface area contributed by atoms with Crippen LogP contribution in [0, 0.1) is 11.5 Å². The maximum Gasteiger partial charge on any atom is 0.225 e. The number of carbonyl (C=O) groups is 1. The van der Waals surface area contributed by atoms with Gasteiger partial charge in [-0.1, -0.05) is 17.4 Å². The maximum absolute atomic E-state index is 12.3. The number of rotatable bonds is 6. The second-order valence-corrected chi connectivity index (χ2v) is 6.16. The Morgan fingerprint density at radius 2 is 2.38 bits per heavy atom. The minimum absolute atomic E-state index is 0.0139. The van der Waals surface area contributed by atoms with Crippen LogP contribution in [0.2, 0.25) is 5.15 Å². The van der Waals surface area contributed by atoms with Gasteiger partial charge in [-0.2, -0.15) is 21.0 Å². The first-order valence-electron chi connectivity index (χ1n) is 7.01. The van der Waals surface area contributed by atoms with Crippen LogP contribution in [-0.4, -0.2) is 33.0 Å². The Morgan fingerprint density at radius 3 is 3.00 bits per heavy atom. The van der Waals surface area contributed by atoms with Gasteiger partial charge in [-0.25, -0.2) is 4.68 Å². The zero-order valence-corrected chi connectivity index (χ0v) is 14.4. The predicted octanol–water partition coefficient (Wildman–Crippen LogP) is 2.29. The first-order valence-corrected chi connectivity index (χ1v) is 8.66. The van der Waals surface area contributed by atoms with E-state index in [1.165, 1.54) is 15.8 Å². The van der Waals surface area contributed by atoms with Crippen molar-refractivity contribution in [3.8, 4) is 11.9 Å². The molecule has 0 unspecified atom stereocenters. The van der Waals surface area contributed by atoms with Gasteiger partial charge in [-0.15, -0.1) is 0 Å². The van der Waals surface area contributed by atoms with Crippen LogP contribution < -0.4 is 4.90 Å². The van der Waals surface area contributed by atoms with E-state index in [4.69, 9.17) is 16.9 Å². The van der Waals surface area contributed by atoms with Crippen molar-refractivity contribution < 1.29 is 9.00 Å². The summed E-state index contributed by atoms with van der Waals surface area (Å²) in [5.41, 5.74) is 1.17. The van der Waals surface area contributed by atoms with Crippen molar-refractivity contribution in [2.24, 2.45) is 4.36 Å². The van der Waals surface area contributed by atoms with Crippen molar-refractivity contribution in [2.45, 2.75) is 13.3 Å². The van der Waals surface area contributed by atoms with E-state index >= 15 is 0 Å². The Balaban J connectivity index is 2.20. The van der Waals surface area contributed by atoms with E-state index in [0.29, 0.717) is 17.9 Å². The fourth-order valence-electron chi connectivity index (χ4n) is 2.03. The normalized spacial score (nSPS) is 11.9. The molecule has 0 spiro atoms. The fraction of sp³-hybridized carbons (Fsp3) is 0.286. The average Bonchev–Trinajstić information content (AvgIpc) is 2.96. The SMILES string of the molecule is CCN(C(=O)CC[S-](=O)=NC#N)c1cn(-c2cccnc2)nc1Cl. The number of anilines is 1. The molecule has 0 aromatic carbocycles. The molecule has 0 saturated carbocycles. The summed E-state index contributed by atoms with van der Waals surface area (Å²) in [7, 11) is -1.69. The smallest absolute Gasteiger partial charge is 0.225 e. The summed E-state index contributed by atoms with van der Waals surface area (Å²) in [6, 6.07) is 3.58. The Kier molecular flexibility index (Phi) is 6.28. The zero-order valence-electron chi connectivity index (χ0n) is 12.8. The summed E-state index contributed by atoms with van der Waals surface area (Å²) in [6.45, 7) is 2.17. The molecule has 2 aromatic rings. The predicted molar refractivity (Wildman–Crippen MR) is 90.0 cm³/mol. The lowest BCUT2D eigenvalue weighted by molar-refractivity contribution is -0.118. The molecule has 0 aliphatic carbocycles. The average molecular weight is 366 g/mol. The Hall–Kier alpha value is -2.44. The number of nitrogens with zero attached hydrogens (tertiary/aromatic N) is 6. The van der Waals surface area contributed by atoms with Gasteiger partial charge in [-0.3, -0.25) is 14.1 Å². The molecule has 0 atom stereocenters. The highest BCUT2D eigenvalue weighted by Gasteiger charge is 2.19. The van der Waals surface area contributed by atoms with Crippen LogP contribution in [-0.2, 0) is 19.6 Å². The van der Waals surface area contributed by atoms with Crippen molar-refractivity contribution in [1.29, 1.82) is 5.26 Å². The molecule has 0 aliphatic heterocycles. The largest absolute Gasteiger partial charge is 0.443 e. The van der Waals surface area contributed by atoms with Gasteiger partial charge >= 0.3 is 0 Å². The molecule has 10 heteroatoms. The second kappa shape index (κ2) is 8.42. The molecule has 2 heterocycles. The van der Waals surface area contributed by atoms with Gasteiger partial charge in [0.2, 0.25) is 5.91 Å². The Labute approximate surface area is 145 Å². The highest BCUT2D eigenvalue weighted by molar-refractivity contribution is 7.74. The third-order valence-electron chi connectivity index (χ3n) is 3.10. The van der Waals surface area contributed by atoms with Crippen LogP contribution in [0.25, 0.3) is 5.69 Å². The van der Waals surface area contributed by atoms with Gasteiger partial charge in [0, 0.05) is 19.2 Å². The molecular formula is C14H14ClN6O2S-. The van der Waals surface area contributed by atoms with Crippen molar-refractivity contribution >= 4 is 33.8 Å². The quantitative estimate of drug-likeness (QED) is 0.577. The van der Waals surface area contributed by atoms with E-state index in [-0.39, 0.29) is 23.2 Å². The maximum atomic E-state index is 12.3. The highest BCUT2D eigenvalue weighted by atomic mass is 35.5. The topological polar surface area (TPSA) is 104 Å². The number of carbonyl (C=O) groups excluding carboxylic acids is 1. The number of pyridine rings is 1. The lowest BCUT2D eigenvalue weighted by atomic mass is 10.3. The third kappa shape index (κ3) is 4.31. The number of aromatic nitrogens is 3. The summed E-state index contributed by atoms with van der Waals surface area (Å²) >= 11 is 6.16. The zero-order chi connectivity index (χ0) is 17.5. The molecule has 8 nitrogen and oxygen atoms in total. The number of nitriles is 1. The summed E-state index contributed by atoms with van der Waals surface area (Å²) in [4.78, 5) is 17.8. The number of hydrogen-bond donors (Lipinski definition) is 0. The highest BCUT2D eigenvalue weighted by Crippen LogP contribution is 2.26. The Morgan fingerprint density at radius 1 is 1.58 bits per heavy atom. The number of amides is 1. The van der Waals surface area contributed by atoms with E-state index in [0.717, 1.165) is 0 Å². The first kappa shape index (κ1) is 17.9. The van der Waals surface area contributed by atoms with Crippen molar-refractivity contribution in [3.63, 3.8) is 0 Å². The van der Waals surface area contributed by atoms with Crippen LogP contribution in [0.15, 0.2) is 35.1 Å².